The molecular formula is C16H23N3. The van der Waals surface area contributed by atoms with Crippen molar-refractivity contribution in [3.63, 3.8) is 0 Å². The largest absolute Gasteiger partial charge is 0.313 e. The number of benzene rings is 1. The van der Waals surface area contributed by atoms with Crippen LogP contribution in [0.5, 0.6) is 0 Å². The second-order valence-electron chi connectivity index (χ2n) is 4.86. The first-order valence-electron chi connectivity index (χ1n) is 7.09. The van der Waals surface area contributed by atoms with E-state index >= 15 is 0 Å². The third-order valence-corrected chi connectivity index (χ3v) is 3.44. The number of aryl methyl sites for hydroxylation is 1. The first-order valence-corrected chi connectivity index (χ1v) is 7.09. The predicted molar refractivity (Wildman–Crippen MR) is 79.7 cm³/mol. The quantitative estimate of drug-likeness (QED) is 0.805. The summed E-state index contributed by atoms with van der Waals surface area (Å²) in [7, 11) is 0. The van der Waals surface area contributed by atoms with E-state index in [4.69, 9.17) is 0 Å². The highest BCUT2D eigenvalue weighted by molar-refractivity contribution is 5.37. The molecule has 0 fully saturated rings. The zero-order valence-electron chi connectivity index (χ0n) is 12.1. The summed E-state index contributed by atoms with van der Waals surface area (Å²) in [6.07, 6.45) is 4.20. The molecule has 1 N–H and O–H groups in total. The summed E-state index contributed by atoms with van der Waals surface area (Å²) in [5.74, 6) is 0. The van der Waals surface area contributed by atoms with Gasteiger partial charge in [-0.05, 0) is 44.0 Å². The summed E-state index contributed by atoms with van der Waals surface area (Å²) in [5, 5.41) is 7.92. The maximum atomic E-state index is 4.50. The summed E-state index contributed by atoms with van der Waals surface area (Å²) >= 11 is 0. The normalized spacial score (nSPS) is 10.9. The minimum absolute atomic E-state index is 0.896. The van der Waals surface area contributed by atoms with Gasteiger partial charge < -0.3 is 5.32 Å². The Hall–Kier alpha value is -1.61. The van der Waals surface area contributed by atoms with E-state index in [0.29, 0.717) is 0 Å². The molecule has 102 valence electrons. The van der Waals surface area contributed by atoms with Crippen LogP contribution >= 0.6 is 0 Å². The van der Waals surface area contributed by atoms with E-state index in [-0.39, 0.29) is 0 Å². The molecule has 3 heteroatoms. The van der Waals surface area contributed by atoms with Gasteiger partial charge in [0.25, 0.3) is 0 Å². The molecule has 0 aliphatic heterocycles. The Morgan fingerprint density at radius 2 is 1.89 bits per heavy atom. The van der Waals surface area contributed by atoms with Crippen LogP contribution in [0.2, 0.25) is 0 Å². The van der Waals surface area contributed by atoms with Gasteiger partial charge in [0.1, 0.15) is 0 Å². The van der Waals surface area contributed by atoms with Crippen LogP contribution in [0.25, 0.3) is 5.69 Å². The Balaban J connectivity index is 2.15. The standard InChI is InChI=1S/C16H23N3/c1-4-10-17-11-15-12-18-19(13(15)3)16-8-6-14(5-2)7-9-16/h6-9,12,17H,4-5,10-11H2,1-3H3. The molecule has 0 saturated heterocycles. The molecule has 2 aromatic rings. The Morgan fingerprint density at radius 3 is 2.53 bits per heavy atom. The van der Waals surface area contributed by atoms with Gasteiger partial charge in [0.15, 0.2) is 0 Å². The Labute approximate surface area is 115 Å². The Kier molecular flexibility index (Phi) is 4.74. The van der Waals surface area contributed by atoms with Crippen molar-refractivity contribution in [1.29, 1.82) is 0 Å². The molecule has 0 radical (unpaired) electrons. The Bertz CT molecular complexity index is 511. The van der Waals surface area contributed by atoms with E-state index in [0.717, 1.165) is 31.6 Å². The zero-order chi connectivity index (χ0) is 13.7. The second kappa shape index (κ2) is 6.53. The lowest BCUT2D eigenvalue weighted by Crippen LogP contribution is -2.14. The minimum Gasteiger partial charge on any atom is -0.313 e. The first kappa shape index (κ1) is 13.8. The second-order valence-corrected chi connectivity index (χ2v) is 4.86. The molecule has 0 saturated carbocycles. The molecule has 1 aromatic heterocycles. The lowest BCUT2D eigenvalue weighted by molar-refractivity contribution is 0.672. The van der Waals surface area contributed by atoms with E-state index in [1.165, 1.54) is 16.8 Å². The van der Waals surface area contributed by atoms with Gasteiger partial charge in [-0.1, -0.05) is 26.0 Å². The summed E-state index contributed by atoms with van der Waals surface area (Å²) in [6.45, 7) is 8.43. The maximum Gasteiger partial charge on any atom is 0.0648 e. The van der Waals surface area contributed by atoms with Gasteiger partial charge in [0.2, 0.25) is 0 Å². The van der Waals surface area contributed by atoms with Crippen LogP contribution in [0.15, 0.2) is 30.5 Å². The van der Waals surface area contributed by atoms with Crippen LogP contribution in [0, 0.1) is 6.92 Å². The fraction of sp³-hybridized carbons (Fsp3) is 0.438. The highest BCUT2D eigenvalue weighted by Gasteiger charge is 2.07. The fourth-order valence-corrected chi connectivity index (χ4v) is 2.15. The molecule has 0 spiro atoms. The molecule has 0 amide bonds. The molecule has 1 heterocycles. The van der Waals surface area contributed by atoms with Crippen LogP contribution in [-0.2, 0) is 13.0 Å². The van der Waals surface area contributed by atoms with Crippen molar-refractivity contribution in [2.45, 2.75) is 40.2 Å². The van der Waals surface area contributed by atoms with Gasteiger partial charge in [0.05, 0.1) is 11.9 Å². The molecule has 0 unspecified atom stereocenters. The highest BCUT2D eigenvalue weighted by Crippen LogP contribution is 2.15. The van der Waals surface area contributed by atoms with Crippen molar-refractivity contribution in [3.05, 3.63) is 47.3 Å². The number of nitrogens with zero attached hydrogens (tertiary/aromatic N) is 2. The van der Waals surface area contributed by atoms with Gasteiger partial charge >= 0.3 is 0 Å². The minimum atomic E-state index is 0.896. The van der Waals surface area contributed by atoms with Crippen molar-refractivity contribution < 1.29 is 0 Å². The monoisotopic (exact) mass is 257 g/mol. The van der Waals surface area contributed by atoms with Gasteiger partial charge in [-0.2, -0.15) is 5.10 Å². The predicted octanol–water partition coefficient (Wildman–Crippen LogP) is 3.24. The van der Waals surface area contributed by atoms with Crippen molar-refractivity contribution in [1.82, 2.24) is 15.1 Å². The van der Waals surface area contributed by atoms with E-state index in [9.17, 15) is 0 Å². The lowest BCUT2D eigenvalue weighted by Gasteiger charge is -2.07. The first-order chi connectivity index (χ1) is 9.26. The molecule has 0 aliphatic carbocycles. The Morgan fingerprint density at radius 1 is 1.16 bits per heavy atom. The number of nitrogens with one attached hydrogen (secondary N) is 1. The molecule has 19 heavy (non-hydrogen) atoms. The summed E-state index contributed by atoms with van der Waals surface area (Å²) in [4.78, 5) is 0. The van der Waals surface area contributed by atoms with Gasteiger partial charge in [-0.3, -0.25) is 0 Å². The van der Waals surface area contributed by atoms with Gasteiger partial charge in [-0.25, -0.2) is 4.68 Å². The van der Waals surface area contributed by atoms with Crippen LogP contribution in [0.4, 0.5) is 0 Å². The summed E-state index contributed by atoms with van der Waals surface area (Å²) in [5.41, 5.74) is 4.98. The van der Waals surface area contributed by atoms with Gasteiger partial charge in [-0.15, -0.1) is 0 Å². The van der Waals surface area contributed by atoms with Gasteiger partial charge in [0, 0.05) is 17.8 Å². The summed E-state index contributed by atoms with van der Waals surface area (Å²) in [6, 6.07) is 8.63. The molecular weight excluding hydrogens is 234 g/mol. The zero-order valence-corrected chi connectivity index (χ0v) is 12.1. The number of aromatic nitrogens is 2. The average Bonchev–Trinajstić information content (AvgIpc) is 2.81. The SMILES string of the molecule is CCCNCc1cnn(-c2ccc(CC)cc2)c1C. The molecule has 1 aromatic carbocycles. The van der Waals surface area contributed by atoms with E-state index < -0.39 is 0 Å². The van der Waals surface area contributed by atoms with Crippen molar-refractivity contribution in [2.75, 3.05) is 6.54 Å². The number of hydrogen-bond acceptors (Lipinski definition) is 2. The smallest absolute Gasteiger partial charge is 0.0648 e. The molecule has 0 aliphatic rings. The molecule has 3 nitrogen and oxygen atoms in total. The molecule has 2 rings (SSSR count). The number of rotatable bonds is 6. The number of hydrogen-bond donors (Lipinski definition) is 1. The van der Waals surface area contributed by atoms with Crippen LogP contribution < -0.4 is 5.32 Å². The average molecular weight is 257 g/mol. The van der Waals surface area contributed by atoms with Crippen molar-refractivity contribution in [3.8, 4) is 5.69 Å². The third kappa shape index (κ3) is 3.24. The van der Waals surface area contributed by atoms with Crippen LogP contribution in [0.3, 0.4) is 0 Å². The van der Waals surface area contributed by atoms with Crippen molar-refractivity contribution in [2.24, 2.45) is 0 Å². The van der Waals surface area contributed by atoms with E-state index in [1.54, 1.807) is 0 Å². The lowest BCUT2D eigenvalue weighted by atomic mass is 10.1. The van der Waals surface area contributed by atoms with E-state index in [1.807, 2.05) is 10.9 Å². The third-order valence-electron chi connectivity index (χ3n) is 3.44. The van der Waals surface area contributed by atoms with Crippen molar-refractivity contribution >= 4 is 0 Å². The van der Waals surface area contributed by atoms with E-state index in [2.05, 4.69) is 55.5 Å². The molecule has 0 atom stereocenters. The summed E-state index contributed by atoms with van der Waals surface area (Å²) < 4.78 is 2.02. The van der Waals surface area contributed by atoms with Crippen LogP contribution in [-0.4, -0.2) is 16.3 Å². The topological polar surface area (TPSA) is 29.9 Å². The fourth-order valence-electron chi connectivity index (χ4n) is 2.15. The maximum absolute atomic E-state index is 4.50. The van der Waals surface area contributed by atoms with Crippen LogP contribution in [0.1, 0.15) is 37.1 Å². The highest BCUT2D eigenvalue weighted by atomic mass is 15.3. The molecule has 0 bridgehead atoms.